The van der Waals surface area contributed by atoms with Gasteiger partial charge < -0.3 is 20.4 Å². The monoisotopic (exact) mass is 294 g/mol. The van der Waals surface area contributed by atoms with Gasteiger partial charge in [0.15, 0.2) is 0 Å². The third-order valence-electron chi connectivity index (χ3n) is 3.05. The molecule has 0 spiro atoms. The Labute approximate surface area is 124 Å². The Kier molecular flexibility index (Phi) is 7.25. The molecule has 6 heteroatoms. The summed E-state index contributed by atoms with van der Waals surface area (Å²) in [5.74, 6) is -1.05. The van der Waals surface area contributed by atoms with E-state index in [9.17, 15) is 9.59 Å². The molecule has 0 aromatic heterocycles. The van der Waals surface area contributed by atoms with Crippen molar-refractivity contribution in [3.05, 3.63) is 35.9 Å². The quantitative estimate of drug-likeness (QED) is 0.677. The molecule has 2 amide bonds. The van der Waals surface area contributed by atoms with Gasteiger partial charge in [-0.25, -0.2) is 9.59 Å². The lowest BCUT2D eigenvalue weighted by molar-refractivity contribution is -0.139. The SMILES string of the molecule is CCC[C@H](NC(=O)N(CCO)Cc1ccccc1)C(=O)O. The summed E-state index contributed by atoms with van der Waals surface area (Å²) < 4.78 is 0. The minimum absolute atomic E-state index is 0.152. The van der Waals surface area contributed by atoms with Crippen molar-refractivity contribution < 1.29 is 19.8 Å². The fourth-order valence-electron chi connectivity index (χ4n) is 1.96. The Morgan fingerprint density at radius 2 is 1.95 bits per heavy atom. The number of hydrogen-bond donors (Lipinski definition) is 3. The fourth-order valence-corrected chi connectivity index (χ4v) is 1.96. The lowest BCUT2D eigenvalue weighted by Gasteiger charge is -2.24. The zero-order valence-corrected chi connectivity index (χ0v) is 12.2. The molecule has 1 aromatic rings. The molecule has 21 heavy (non-hydrogen) atoms. The molecule has 1 atom stereocenters. The summed E-state index contributed by atoms with van der Waals surface area (Å²) in [5.41, 5.74) is 0.920. The first-order valence-corrected chi connectivity index (χ1v) is 7.01. The van der Waals surface area contributed by atoms with Crippen LogP contribution in [0.1, 0.15) is 25.3 Å². The van der Waals surface area contributed by atoms with Crippen LogP contribution in [0.3, 0.4) is 0 Å². The van der Waals surface area contributed by atoms with Crippen molar-refractivity contribution >= 4 is 12.0 Å². The average molecular weight is 294 g/mol. The fraction of sp³-hybridized carbons (Fsp3) is 0.467. The van der Waals surface area contributed by atoms with Crippen molar-refractivity contribution in [2.45, 2.75) is 32.4 Å². The Morgan fingerprint density at radius 3 is 2.48 bits per heavy atom. The van der Waals surface area contributed by atoms with Gasteiger partial charge in [0.1, 0.15) is 6.04 Å². The minimum Gasteiger partial charge on any atom is -0.480 e. The van der Waals surface area contributed by atoms with Gasteiger partial charge in [0, 0.05) is 13.1 Å². The number of urea groups is 1. The predicted molar refractivity (Wildman–Crippen MR) is 78.8 cm³/mol. The van der Waals surface area contributed by atoms with Crippen molar-refractivity contribution in [2.24, 2.45) is 0 Å². The highest BCUT2D eigenvalue weighted by Crippen LogP contribution is 2.06. The standard InChI is InChI=1S/C15H22N2O4/c1-2-6-13(14(19)20)16-15(21)17(9-10-18)11-12-7-4-3-5-8-12/h3-5,7-8,13,18H,2,6,9-11H2,1H3,(H,16,21)(H,19,20)/t13-/m0/s1. The van der Waals surface area contributed by atoms with E-state index in [1.165, 1.54) is 4.90 Å². The number of carbonyl (C=O) groups is 2. The molecule has 0 fully saturated rings. The van der Waals surface area contributed by atoms with Gasteiger partial charge in [0.2, 0.25) is 0 Å². The number of rotatable bonds is 8. The Balaban J connectivity index is 2.70. The van der Waals surface area contributed by atoms with E-state index < -0.39 is 18.0 Å². The van der Waals surface area contributed by atoms with E-state index >= 15 is 0 Å². The molecule has 0 aliphatic carbocycles. The second-order valence-electron chi connectivity index (χ2n) is 4.76. The van der Waals surface area contributed by atoms with Crippen LogP contribution in [-0.2, 0) is 11.3 Å². The smallest absolute Gasteiger partial charge is 0.326 e. The molecule has 3 N–H and O–H groups in total. The van der Waals surface area contributed by atoms with Crippen molar-refractivity contribution in [3.63, 3.8) is 0 Å². The van der Waals surface area contributed by atoms with E-state index in [1.807, 2.05) is 37.3 Å². The number of carboxylic acid groups (broad SMARTS) is 1. The van der Waals surface area contributed by atoms with Crippen molar-refractivity contribution in [1.29, 1.82) is 0 Å². The molecule has 0 unspecified atom stereocenters. The van der Waals surface area contributed by atoms with E-state index in [2.05, 4.69) is 5.32 Å². The molecule has 0 radical (unpaired) electrons. The summed E-state index contributed by atoms with van der Waals surface area (Å²) in [6, 6.07) is 7.97. The maximum absolute atomic E-state index is 12.2. The molecule has 116 valence electrons. The van der Waals surface area contributed by atoms with Crippen LogP contribution < -0.4 is 5.32 Å². The Hall–Kier alpha value is -2.08. The van der Waals surface area contributed by atoms with Crippen LogP contribution in [0.2, 0.25) is 0 Å². The van der Waals surface area contributed by atoms with Crippen LogP contribution >= 0.6 is 0 Å². The minimum atomic E-state index is -1.05. The van der Waals surface area contributed by atoms with Crippen LogP contribution in [0.15, 0.2) is 30.3 Å². The van der Waals surface area contributed by atoms with Gasteiger partial charge >= 0.3 is 12.0 Å². The topological polar surface area (TPSA) is 89.9 Å². The van der Waals surface area contributed by atoms with Crippen LogP contribution in [0.25, 0.3) is 0 Å². The number of nitrogens with one attached hydrogen (secondary N) is 1. The number of aliphatic hydroxyl groups excluding tert-OH is 1. The van der Waals surface area contributed by atoms with Crippen molar-refractivity contribution in [2.75, 3.05) is 13.2 Å². The van der Waals surface area contributed by atoms with Gasteiger partial charge in [-0.1, -0.05) is 43.7 Å². The lowest BCUT2D eigenvalue weighted by Crippen LogP contribution is -2.48. The third kappa shape index (κ3) is 5.83. The Morgan fingerprint density at radius 1 is 1.29 bits per heavy atom. The summed E-state index contributed by atoms with van der Waals surface area (Å²) in [6.45, 7) is 2.16. The van der Waals surface area contributed by atoms with Crippen LogP contribution in [0, 0.1) is 0 Å². The van der Waals surface area contributed by atoms with E-state index in [0.717, 1.165) is 5.56 Å². The maximum atomic E-state index is 12.2. The number of carbonyl (C=O) groups excluding carboxylic acids is 1. The zero-order valence-electron chi connectivity index (χ0n) is 12.2. The molecule has 1 rings (SSSR count). The highest BCUT2D eigenvalue weighted by Gasteiger charge is 2.22. The van der Waals surface area contributed by atoms with Crippen molar-refractivity contribution in [1.82, 2.24) is 10.2 Å². The molecular formula is C15H22N2O4. The predicted octanol–water partition coefficient (Wildman–Crippen LogP) is 1.44. The summed E-state index contributed by atoms with van der Waals surface area (Å²) in [5, 5.41) is 20.6. The van der Waals surface area contributed by atoms with Crippen LogP contribution in [0.4, 0.5) is 4.79 Å². The number of carboxylic acids is 1. The van der Waals surface area contributed by atoms with Gasteiger partial charge in [-0.3, -0.25) is 0 Å². The molecular weight excluding hydrogens is 272 g/mol. The van der Waals surface area contributed by atoms with Crippen LogP contribution in [-0.4, -0.2) is 46.3 Å². The number of aliphatic hydroxyl groups is 1. The number of amides is 2. The molecule has 6 nitrogen and oxygen atoms in total. The average Bonchev–Trinajstić information content (AvgIpc) is 2.47. The first-order chi connectivity index (χ1) is 10.1. The molecule has 0 aliphatic rings. The third-order valence-corrected chi connectivity index (χ3v) is 3.05. The lowest BCUT2D eigenvalue weighted by atomic mass is 10.1. The van der Waals surface area contributed by atoms with Crippen molar-refractivity contribution in [3.8, 4) is 0 Å². The second-order valence-corrected chi connectivity index (χ2v) is 4.76. The second kappa shape index (κ2) is 8.97. The number of aliphatic carboxylic acids is 1. The maximum Gasteiger partial charge on any atom is 0.326 e. The first kappa shape index (κ1) is 17.0. The highest BCUT2D eigenvalue weighted by atomic mass is 16.4. The number of hydrogen-bond acceptors (Lipinski definition) is 3. The van der Waals surface area contributed by atoms with Crippen LogP contribution in [0.5, 0.6) is 0 Å². The van der Waals surface area contributed by atoms with E-state index in [4.69, 9.17) is 10.2 Å². The summed E-state index contributed by atoms with van der Waals surface area (Å²) in [7, 11) is 0. The largest absolute Gasteiger partial charge is 0.480 e. The zero-order chi connectivity index (χ0) is 15.7. The van der Waals surface area contributed by atoms with Gasteiger partial charge in [0.05, 0.1) is 6.61 Å². The molecule has 0 aliphatic heterocycles. The molecule has 0 saturated carbocycles. The first-order valence-electron chi connectivity index (χ1n) is 7.01. The highest BCUT2D eigenvalue weighted by molar-refractivity contribution is 5.82. The summed E-state index contributed by atoms with van der Waals surface area (Å²) in [4.78, 5) is 24.7. The molecule has 1 aromatic carbocycles. The Bertz CT molecular complexity index is 450. The molecule has 0 saturated heterocycles. The van der Waals surface area contributed by atoms with Gasteiger partial charge in [-0.15, -0.1) is 0 Å². The van der Waals surface area contributed by atoms with E-state index in [1.54, 1.807) is 0 Å². The summed E-state index contributed by atoms with van der Waals surface area (Å²) >= 11 is 0. The molecule has 0 bridgehead atoms. The van der Waals surface area contributed by atoms with Gasteiger partial charge in [0.25, 0.3) is 0 Å². The normalized spacial score (nSPS) is 11.7. The number of nitrogens with zero attached hydrogens (tertiary/aromatic N) is 1. The van der Waals surface area contributed by atoms with Gasteiger partial charge in [-0.05, 0) is 12.0 Å². The molecule has 0 heterocycles. The summed E-state index contributed by atoms with van der Waals surface area (Å²) in [6.07, 6.45) is 1.04. The van der Waals surface area contributed by atoms with E-state index in [-0.39, 0.29) is 13.2 Å². The van der Waals surface area contributed by atoms with E-state index in [0.29, 0.717) is 19.4 Å². The number of benzene rings is 1. The van der Waals surface area contributed by atoms with Gasteiger partial charge in [-0.2, -0.15) is 0 Å².